The Morgan fingerprint density at radius 1 is 1.56 bits per heavy atom. The van der Waals surface area contributed by atoms with E-state index in [4.69, 9.17) is 5.73 Å². The first kappa shape index (κ1) is 11.9. The molecule has 1 fully saturated rings. The van der Waals surface area contributed by atoms with E-state index in [1.165, 1.54) is 0 Å². The van der Waals surface area contributed by atoms with Crippen molar-refractivity contribution in [3.63, 3.8) is 0 Å². The van der Waals surface area contributed by atoms with Gasteiger partial charge in [0.15, 0.2) is 0 Å². The molecule has 2 rings (SSSR count). The van der Waals surface area contributed by atoms with Crippen LogP contribution in [0.1, 0.15) is 25.8 Å². The molecule has 0 radical (unpaired) electrons. The third kappa shape index (κ3) is 1.96. The summed E-state index contributed by atoms with van der Waals surface area (Å²) in [6.07, 6.45) is 2.84. The van der Waals surface area contributed by atoms with E-state index in [0.717, 1.165) is 22.3 Å². The normalized spacial score (nSPS) is 27.3. The predicted molar refractivity (Wildman–Crippen MR) is 70.5 cm³/mol. The van der Waals surface area contributed by atoms with Crippen LogP contribution < -0.4 is 11.1 Å². The summed E-state index contributed by atoms with van der Waals surface area (Å²) >= 11 is 3.42. The molecular weight excluding hydrogens is 266 g/mol. The highest BCUT2D eigenvalue weighted by molar-refractivity contribution is 9.10. The highest BCUT2D eigenvalue weighted by Gasteiger charge is 2.46. The van der Waals surface area contributed by atoms with Crippen molar-refractivity contribution in [2.24, 2.45) is 11.1 Å². The molecule has 4 heteroatoms. The van der Waals surface area contributed by atoms with E-state index in [2.05, 4.69) is 53.1 Å². The minimum absolute atomic E-state index is 0.154. The first-order valence-corrected chi connectivity index (χ1v) is 6.35. The van der Waals surface area contributed by atoms with Gasteiger partial charge in [-0.15, -0.1) is 0 Å². The predicted octanol–water partition coefficient (Wildman–Crippen LogP) is 2.69. The molecule has 2 unspecified atom stereocenters. The molecule has 2 atom stereocenters. The lowest BCUT2D eigenvalue weighted by molar-refractivity contribution is 0.117. The van der Waals surface area contributed by atoms with Gasteiger partial charge in [-0.2, -0.15) is 0 Å². The third-order valence-electron chi connectivity index (χ3n) is 3.70. The van der Waals surface area contributed by atoms with Crippen molar-refractivity contribution in [1.29, 1.82) is 0 Å². The molecule has 0 aliphatic heterocycles. The molecule has 1 aliphatic rings. The van der Waals surface area contributed by atoms with Crippen LogP contribution in [0.15, 0.2) is 16.7 Å². The lowest BCUT2D eigenvalue weighted by Gasteiger charge is -2.50. The number of hydrogen-bond donors (Lipinski definition) is 2. The monoisotopic (exact) mass is 283 g/mol. The molecule has 1 aliphatic carbocycles. The van der Waals surface area contributed by atoms with Crippen LogP contribution in [0.3, 0.4) is 0 Å². The van der Waals surface area contributed by atoms with Crippen LogP contribution in [-0.4, -0.2) is 17.1 Å². The van der Waals surface area contributed by atoms with Crippen molar-refractivity contribution in [2.45, 2.75) is 39.3 Å². The number of nitrogens with one attached hydrogen (secondary N) is 1. The van der Waals surface area contributed by atoms with Gasteiger partial charge in [0, 0.05) is 28.2 Å². The van der Waals surface area contributed by atoms with Crippen molar-refractivity contribution >= 4 is 21.7 Å². The zero-order chi connectivity index (χ0) is 11.9. The van der Waals surface area contributed by atoms with Crippen LogP contribution in [0, 0.1) is 12.3 Å². The van der Waals surface area contributed by atoms with Crippen LogP contribution in [0.2, 0.25) is 0 Å². The zero-order valence-corrected chi connectivity index (χ0v) is 11.5. The summed E-state index contributed by atoms with van der Waals surface area (Å²) in [6.45, 7) is 6.46. The lowest BCUT2D eigenvalue weighted by Crippen LogP contribution is -2.61. The Morgan fingerprint density at radius 2 is 2.25 bits per heavy atom. The summed E-state index contributed by atoms with van der Waals surface area (Å²) in [4.78, 5) is 4.39. The molecule has 0 saturated heterocycles. The summed E-state index contributed by atoms with van der Waals surface area (Å²) in [5.74, 6) is 0.966. The van der Waals surface area contributed by atoms with Gasteiger partial charge < -0.3 is 11.1 Å². The molecule has 1 aromatic heterocycles. The van der Waals surface area contributed by atoms with Crippen molar-refractivity contribution in [3.05, 3.63) is 22.3 Å². The molecule has 88 valence electrons. The number of aryl methyl sites for hydroxylation is 1. The molecule has 0 aromatic carbocycles. The summed E-state index contributed by atoms with van der Waals surface area (Å²) in [6, 6.07) is 2.79. The van der Waals surface area contributed by atoms with Gasteiger partial charge in [-0.05, 0) is 40.9 Å². The minimum atomic E-state index is 0.154. The zero-order valence-electron chi connectivity index (χ0n) is 9.92. The van der Waals surface area contributed by atoms with Gasteiger partial charge in [0.2, 0.25) is 0 Å². The van der Waals surface area contributed by atoms with E-state index in [9.17, 15) is 0 Å². The molecule has 0 bridgehead atoms. The van der Waals surface area contributed by atoms with Gasteiger partial charge in [-0.25, -0.2) is 4.98 Å². The molecule has 3 nitrogen and oxygen atoms in total. The first-order chi connectivity index (χ1) is 7.41. The van der Waals surface area contributed by atoms with E-state index in [1.807, 2.05) is 6.20 Å². The maximum Gasteiger partial charge on any atom is 0.129 e. The fourth-order valence-corrected chi connectivity index (χ4v) is 2.51. The van der Waals surface area contributed by atoms with Crippen molar-refractivity contribution in [1.82, 2.24) is 4.98 Å². The van der Waals surface area contributed by atoms with E-state index in [-0.39, 0.29) is 5.41 Å². The average molecular weight is 284 g/mol. The van der Waals surface area contributed by atoms with Crippen LogP contribution in [0.25, 0.3) is 0 Å². The molecule has 1 saturated carbocycles. The summed E-state index contributed by atoms with van der Waals surface area (Å²) in [5, 5.41) is 3.48. The highest BCUT2D eigenvalue weighted by atomic mass is 79.9. The Balaban J connectivity index is 2.11. The van der Waals surface area contributed by atoms with E-state index in [1.54, 1.807) is 0 Å². The van der Waals surface area contributed by atoms with E-state index in [0.29, 0.717) is 12.1 Å². The standard InChI is InChI=1S/C12H18BrN3/c1-7-4-8(13)6-15-11(7)16-10-5-9(14)12(10,2)3/h4,6,9-10H,5,14H2,1-3H3,(H,15,16). The van der Waals surface area contributed by atoms with Gasteiger partial charge in [-0.1, -0.05) is 13.8 Å². The lowest BCUT2D eigenvalue weighted by atomic mass is 9.63. The molecule has 0 spiro atoms. The summed E-state index contributed by atoms with van der Waals surface area (Å²) in [5.41, 5.74) is 7.31. The van der Waals surface area contributed by atoms with Crippen LogP contribution in [0.4, 0.5) is 5.82 Å². The van der Waals surface area contributed by atoms with Gasteiger partial charge in [0.05, 0.1) is 0 Å². The molecular formula is C12H18BrN3. The van der Waals surface area contributed by atoms with Gasteiger partial charge in [-0.3, -0.25) is 0 Å². The van der Waals surface area contributed by atoms with Gasteiger partial charge in [0.1, 0.15) is 5.82 Å². The Kier molecular flexibility index (Phi) is 2.97. The minimum Gasteiger partial charge on any atom is -0.366 e. The third-order valence-corrected chi connectivity index (χ3v) is 4.13. The molecule has 3 N–H and O–H groups in total. The number of pyridine rings is 1. The van der Waals surface area contributed by atoms with Gasteiger partial charge in [0.25, 0.3) is 0 Å². The average Bonchev–Trinajstić information content (AvgIpc) is 2.21. The topological polar surface area (TPSA) is 50.9 Å². The van der Waals surface area contributed by atoms with Crippen LogP contribution in [-0.2, 0) is 0 Å². The summed E-state index contributed by atoms with van der Waals surface area (Å²) in [7, 11) is 0. The number of hydrogen-bond acceptors (Lipinski definition) is 3. The SMILES string of the molecule is Cc1cc(Br)cnc1NC1CC(N)C1(C)C. The highest BCUT2D eigenvalue weighted by Crippen LogP contribution is 2.41. The Bertz CT molecular complexity index is 403. The smallest absolute Gasteiger partial charge is 0.129 e. The number of nitrogens with two attached hydrogens (primary N) is 1. The number of halogens is 1. The quantitative estimate of drug-likeness (QED) is 0.878. The number of rotatable bonds is 2. The molecule has 1 aromatic rings. The van der Waals surface area contributed by atoms with Crippen LogP contribution in [0.5, 0.6) is 0 Å². The Labute approximate surface area is 105 Å². The van der Waals surface area contributed by atoms with Crippen molar-refractivity contribution in [3.8, 4) is 0 Å². The maximum absolute atomic E-state index is 5.99. The van der Waals surface area contributed by atoms with Crippen molar-refractivity contribution < 1.29 is 0 Å². The number of anilines is 1. The van der Waals surface area contributed by atoms with Crippen LogP contribution >= 0.6 is 15.9 Å². The second-order valence-corrected chi connectivity index (χ2v) is 6.10. The molecule has 0 amide bonds. The maximum atomic E-state index is 5.99. The summed E-state index contributed by atoms with van der Waals surface area (Å²) < 4.78 is 1.01. The number of aromatic nitrogens is 1. The second-order valence-electron chi connectivity index (χ2n) is 5.18. The second kappa shape index (κ2) is 4.00. The fourth-order valence-electron chi connectivity index (χ4n) is 2.06. The molecule has 1 heterocycles. The first-order valence-electron chi connectivity index (χ1n) is 5.55. The van der Waals surface area contributed by atoms with Crippen molar-refractivity contribution in [2.75, 3.05) is 5.32 Å². The van der Waals surface area contributed by atoms with E-state index < -0.39 is 0 Å². The van der Waals surface area contributed by atoms with E-state index >= 15 is 0 Å². The number of nitrogens with zero attached hydrogens (tertiary/aromatic N) is 1. The van der Waals surface area contributed by atoms with Gasteiger partial charge >= 0.3 is 0 Å². The Hall–Kier alpha value is -0.610. The largest absolute Gasteiger partial charge is 0.366 e. The Morgan fingerprint density at radius 3 is 2.75 bits per heavy atom. The molecule has 16 heavy (non-hydrogen) atoms. The fraction of sp³-hybridized carbons (Fsp3) is 0.583.